The third-order valence-electron chi connectivity index (χ3n) is 3.88. The summed E-state index contributed by atoms with van der Waals surface area (Å²) in [5.74, 6) is 0.668. The number of amides is 1. The Morgan fingerprint density at radius 2 is 2.00 bits per heavy atom. The number of aryl methyl sites for hydroxylation is 2. The molecule has 0 radical (unpaired) electrons. The van der Waals surface area contributed by atoms with E-state index in [1.165, 1.54) is 12.8 Å². The summed E-state index contributed by atoms with van der Waals surface area (Å²) >= 11 is 3.54. The second-order valence-electron chi connectivity index (χ2n) is 5.19. The van der Waals surface area contributed by atoms with Gasteiger partial charge in [-0.2, -0.15) is 0 Å². The van der Waals surface area contributed by atoms with Crippen molar-refractivity contribution in [3.63, 3.8) is 0 Å². The van der Waals surface area contributed by atoms with E-state index >= 15 is 0 Å². The number of alkyl halides is 1. The molecule has 1 aliphatic rings. The Morgan fingerprint density at radius 3 is 2.61 bits per heavy atom. The highest BCUT2D eigenvalue weighted by Crippen LogP contribution is 2.27. The molecule has 1 N–H and O–H groups in total. The molecule has 0 aromatic heterocycles. The number of nitrogens with one attached hydrogen (secondary N) is 1. The van der Waals surface area contributed by atoms with Gasteiger partial charge in [-0.1, -0.05) is 40.5 Å². The lowest BCUT2D eigenvalue weighted by molar-refractivity contribution is 0.0929. The van der Waals surface area contributed by atoms with Gasteiger partial charge < -0.3 is 5.32 Å². The monoisotopic (exact) mass is 309 g/mol. The number of hydrogen-bond acceptors (Lipinski definition) is 1. The van der Waals surface area contributed by atoms with E-state index in [4.69, 9.17) is 0 Å². The van der Waals surface area contributed by atoms with Gasteiger partial charge in [-0.15, -0.1) is 0 Å². The van der Waals surface area contributed by atoms with Crippen LogP contribution in [0.15, 0.2) is 18.2 Å². The second kappa shape index (κ2) is 5.87. The summed E-state index contributed by atoms with van der Waals surface area (Å²) in [6, 6.07) is 6.32. The van der Waals surface area contributed by atoms with E-state index in [0.717, 1.165) is 28.4 Å². The van der Waals surface area contributed by atoms with Crippen LogP contribution in [0.3, 0.4) is 0 Å². The molecule has 0 heterocycles. The zero-order valence-corrected chi connectivity index (χ0v) is 12.6. The molecule has 1 aromatic carbocycles. The third kappa shape index (κ3) is 2.77. The van der Waals surface area contributed by atoms with Gasteiger partial charge in [0.2, 0.25) is 0 Å². The molecule has 0 aliphatic heterocycles. The molecule has 1 aromatic rings. The van der Waals surface area contributed by atoms with Crippen LogP contribution in [-0.4, -0.2) is 17.3 Å². The van der Waals surface area contributed by atoms with Gasteiger partial charge in [0.05, 0.1) is 0 Å². The number of rotatable bonds is 3. The van der Waals surface area contributed by atoms with Gasteiger partial charge in [-0.25, -0.2) is 0 Å². The largest absolute Gasteiger partial charge is 0.349 e. The molecule has 98 valence electrons. The fourth-order valence-corrected chi connectivity index (χ4v) is 3.60. The Labute approximate surface area is 117 Å². The van der Waals surface area contributed by atoms with E-state index in [0.29, 0.717) is 12.0 Å². The highest BCUT2D eigenvalue weighted by Gasteiger charge is 2.28. The van der Waals surface area contributed by atoms with Crippen LogP contribution < -0.4 is 5.32 Å². The Morgan fingerprint density at radius 1 is 1.33 bits per heavy atom. The van der Waals surface area contributed by atoms with E-state index in [1.807, 2.05) is 32.0 Å². The Bertz CT molecular complexity index is 424. The van der Waals surface area contributed by atoms with Gasteiger partial charge in [0, 0.05) is 16.9 Å². The van der Waals surface area contributed by atoms with E-state index < -0.39 is 0 Å². The van der Waals surface area contributed by atoms with Gasteiger partial charge in [0.1, 0.15) is 0 Å². The van der Waals surface area contributed by atoms with E-state index in [2.05, 4.69) is 21.2 Å². The minimum Gasteiger partial charge on any atom is -0.349 e. The molecule has 2 rings (SSSR count). The normalized spacial score (nSPS) is 23.1. The molecule has 0 bridgehead atoms. The molecule has 0 spiro atoms. The molecule has 2 unspecified atom stereocenters. The first-order valence-electron chi connectivity index (χ1n) is 6.56. The average Bonchev–Trinajstić information content (AvgIpc) is 2.76. The molecular weight excluding hydrogens is 290 g/mol. The fraction of sp³-hybridized carbons (Fsp3) is 0.533. The summed E-state index contributed by atoms with van der Waals surface area (Å²) in [6.07, 6.45) is 3.53. The minimum absolute atomic E-state index is 0.0865. The predicted molar refractivity (Wildman–Crippen MR) is 78.3 cm³/mol. The van der Waals surface area contributed by atoms with Crippen molar-refractivity contribution < 1.29 is 4.79 Å². The van der Waals surface area contributed by atoms with Crippen molar-refractivity contribution in [3.05, 3.63) is 34.9 Å². The maximum absolute atomic E-state index is 12.4. The number of benzene rings is 1. The van der Waals surface area contributed by atoms with E-state index in [1.54, 1.807) is 0 Å². The SMILES string of the molecule is Cc1cccc(C)c1C(=O)NC1CCCC1CBr. The van der Waals surface area contributed by atoms with Crippen LogP contribution in [0, 0.1) is 19.8 Å². The fourth-order valence-electron chi connectivity index (χ4n) is 2.82. The Balaban J connectivity index is 2.12. The molecule has 1 saturated carbocycles. The molecule has 2 atom stereocenters. The minimum atomic E-state index is 0.0865. The molecule has 2 nitrogen and oxygen atoms in total. The standard InChI is InChI=1S/C15H20BrNO/c1-10-5-3-6-11(2)14(10)15(18)17-13-8-4-7-12(13)9-16/h3,5-6,12-13H,4,7-9H2,1-2H3,(H,17,18). The first-order valence-corrected chi connectivity index (χ1v) is 7.68. The van der Waals surface area contributed by atoms with E-state index in [9.17, 15) is 4.79 Å². The maximum Gasteiger partial charge on any atom is 0.252 e. The van der Waals surface area contributed by atoms with Crippen molar-refractivity contribution >= 4 is 21.8 Å². The van der Waals surface area contributed by atoms with Gasteiger partial charge in [0.15, 0.2) is 0 Å². The van der Waals surface area contributed by atoms with Crippen LogP contribution in [0.4, 0.5) is 0 Å². The topological polar surface area (TPSA) is 29.1 Å². The summed E-state index contributed by atoms with van der Waals surface area (Å²) in [7, 11) is 0. The molecule has 1 fully saturated rings. The average molecular weight is 310 g/mol. The first-order chi connectivity index (χ1) is 8.63. The molecule has 3 heteroatoms. The third-order valence-corrected chi connectivity index (χ3v) is 4.71. The highest BCUT2D eigenvalue weighted by molar-refractivity contribution is 9.09. The van der Waals surface area contributed by atoms with Crippen LogP contribution in [0.5, 0.6) is 0 Å². The molecule has 1 aliphatic carbocycles. The van der Waals surface area contributed by atoms with Gasteiger partial charge in [0.25, 0.3) is 5.91 Å². The zero-order chi connectivity index (χ0) is 13.1. The number of hydrogen-bond donors (Lipinski definition) is 1. The van der Waals surface area contributed by atoms with Crippen molar-refractivity contribution in [3.8, 4) is 0 Å². The first kappa shape index (κ1) is 13.6. The maximum atomic E-state index is 12.4. The van der Waals surface area contributed by atoms with Crippen molar-refractivity contribution in [2.24, 2.45) is 5.92 Å². The van der Waals surface area contributed by atoms with Crippen LogP contribution in [0.25, 0.3) is 0 Å². The van der Waals surface area contributed by atoms with Crippen LogP contribution >= 0.6 is 15.9 Å². The molecule has 0 saturated heterocycles. The summed E-state index contributed by atoms with van der Waals surface area (Å²) in [4.78, 5) is 12.4. The molecule has 1 amide bonds. The van der Waals surface area contributed by atoms with Crippen LogP contribution in [0.2, 0.25) is 0 Å². The van der Waals surface area contributed by atoms with Crippen LogP contribution in [0.1, 0.15) is 40.7 Å². The van der Waals surface area contributed by atoms with Crippen molar-refractivity contribution in [2.75, 3.05) is 5.33 Å². The lowest BCUT2D eigenvalue weighted by Gasteiger charge is -2.20. The van der Waals surface area contributed by atoms with Crippen molar-refractivity contribution in [2.45, 2.75) is 39.2 Å². The summed E-state index contributed by atoms with van der Waals surface area (Å²) in [5, 5.41) is 4.19. The summed E-state index contributed by atoms with van der Waals surface area (Å²) < 4.78 is 0. The quantitative estimate of drug-likeness (QED) is 0.849. The van der Waals surface area contributed by atoms with Gasteiger partial charge >= 0.3 is 0 Å². The lowest BCUT2D eigenvalue weighted by Crippen LogP contribution is -2.38. The number of carbonyl (C=O) groups is 1. The van der Waals surface area contributed by atoms with Crippen molar-refractivity contribution in [1.29, 1.82) is 0 Å². The zero-order valence-electron chi connectivity index (χ0n) is 11.0. The number of halogens is 1. The van der Waals surface area contributed by atoms with Gasteiger partial charge in [-0.05, 0) is 43.7 Å². The van der Waals surface area contributed by atoms with E-state index in [-0.39, 0.29) is 5.91 Å². The smallest absolute Gasteiger partial charge is 0.252 e. The molecular formula is C15H20BrNO. The lowest BCUT2D eigenvalue weighted by atomic mass is 10.0. The Kier molecular flexibility index (Phi) is 4.44. The summed E-state index contributed by atoms with van der Waals surface area (Å²) in [5.41, 5.74) is 2.96. The second-order valence-corrected chi connectivity index (χ2v) is 5.84. The van der Waals surface area contributed by atoms with Gasteiger partial charge in [-0.3, -0.25) is 4.79 Å². The number of carbonyl (C=O) groups excluding carboxylic acids is 1. The van der Waals surface area contributed by atoms with Crippen molar-refractivity contribution in [1.82, 2.24) is 5.32 Å². The predicted octanol–water partition coefficient (Wildman–Crippen LogP) is 3.60. The highest BCUT2D eigenvalue weighted by atomic mass is 79.9. The molecule has 18 heavy (non-hydrogen) atoms. The summed E-state index contributed by atoms with van der Waals surface area (Å²) in [6.45, 7) is 4.00. The Hall–Kier alpha value is -0.830. The van der Waals surface area contributed by atoms with Crippen LogP contribution in [-0.2, 0) is 0 Å².